The van der Waals surface area contributed by atoms with Crippen LogP contribution in [0.1, 0.15) is 54.4 Å². The van der Waals surface area contributed by atoms with Crippen LogP contribution in [-0.2, 0) is 24.2 Å². The summed E-state index contributed by atoms with van der Waals surface area (Å²) < 4.78 is 9.12. The third-order valence-corrected chi connectivity index (χ3v) is 6.72. The predicted molar refractivity (Wildman–Crippen MR) is 147 cm³/mol. The van der Waals surface area contributed by atoms with Crippen LogP contribution in [0.3, 0.4) is 0 Å². The Balaban J connectivity index is 1.17. The summed E-state index contributed by atoms with van der Waals surface area (Å²) in [6.07, 6.45) is 6.37. The van der Waals surface area contributed by atoms with Crippen molar-refractivity contribution in [3.05, 3.63) is 74.0 Å². The first-order valence-electron chi connectivity index (χ1n) is 13.1. The minimum atomic E-state index is -0.836. The minimum absolute atomic E-state index is 0.0352. The van der Waals surface area contributed by atoms with Crippen molar-refractivity contribution in [2.75, 3.05) is 12.3 Å². The number of nitrogens with zero attached hydrogens (tertiary/aromatic N) is 9. The molecule has 0 radical (unpaired) electrons. The number of ether oxygens (including phenoxy) is 1. The average Bonchev–Trinajstić information content (AvgIpc) is 3.67. The highest BCUT2D eigenvalue weighted by atomic mass is 16.5. The van der Waals surface area contributed by atoms with E-state index in [2.05, 4.69) is 47.1 Å². The standard InChI is InChI=1S/C26H29N11O4/c27-26-31-24-23(25(40)32-26)17(12-37(24)22-9-20(39)21(15-38)41-22)5-3-1-2-4-6-19-14-36(35-33-19)13-18-8-7-16(10-29-18)11-30-34-28/h7-8,10,12,14,20-22,38-39H,1-2,4,6,9,11,13,15H2,(H3,27,31,32,40)/t20-,21+,22+/m0/s1. The number of azide groups is 1. The third-order valence-electron chi connectivity index (χ3n) is 6.72. The van der Waals surface area contributed by atoms with Gasteiger partial charge in [-0.1, -0.05) is 28.2 Å². The highest BCUT2D eigenvalue weighted by Gasteiger charge is 2.35. The van der Waals surface area contributed by atoms with Gasteiger partial charge >= 0.3 is 0 Å². The fourth-order valence-corrected chi connectivity index (χ4v) is 4.67. The van der Waals surface area contributed by atoms with Crippen molar-refractivity contribution in [2.45, 2.75) is 63.6 Å². The summed E-state index contributed by atoms with van der Waals surface area (Å²) in [6.45, 7) is 0.434. The van der Waals surface area contributed by atoms with E-state index in [0.717, 1.165) is 36.2 Å². The predicted octanol–water partition coefficient (Wildman–Crippen LogP) is 1.56. The number of pyridine rings is 1. The van der Waals surface area contributed by atoms with Gasteiger partial charge in [0.15, 0.2) is 5.65 Å². The molecule has 0 saturated carbocycles. The van der Waals surface area contributed by atoms with Crippen LogP contribution in [-0.4, -0.2) is 63.5 Å². The van der Waals surface area contributed by atoms with Gasteiger partial charge < -0.3 is 25.3 Å². The number of fused-ring (bicyclic) bond motifs is 1. The van der Waals surface area contributed by atoms with E-state index in [9.17, 15) is 15.0 Å². The lowest BCUT2D eigenvalue weighted by atomic mass is 10.1. The second kappa shape index (κ2) is 12.6. The number of aliphatic hydroxyl groups excluding tert-OH is 2. The average molecular weight is 560 g/mol. The Morgan fingerprint density at radius 3 is 2.93 bits per heavy atom. The zero-order valence-electron chi connectivity index (χ0n) is 22.1. The molecule has 15 heteroatoms. The zero-order chi connectivity index (χ0) is 28.8. The van der Waals surface area contributed by atoms with E-state index in [0.29, 0.717) is 29.6 Å². The van der Waals surface area contributed by atoms with E-state index < -0.39 is 24.0 Å². The number of anilines is 1. The number of H-pyrrole nitrogens is 1. The fraction of sp³-hybridized carbons (Fsp3) is 0.423. The Kier molecular flexibility index (Phi) is 8.56. The van der Waals surface area contributed by atoms with Crippen LogP contribution in [0.2, 0.25) is 0 Å². The van der Waals surface area contributed by atoms with Crippen molar-refractivity contribution in [1.29, 1.82) is 0 Å². The van der Waals surface area contributed by atoms with Crippen LogP contribution >= 0.6 is 0 Å². The van der Waals surface area contributed by atoms with Crippen molar-refractivity contribution < 1.29 is 14.9 Å². The molecule has 4 aromatic rings. The van der Waals surface area contributed by atoms with Gasteiger partial charge in [0.25, 0.3) is 5.56 Å². The maximum absolute atomic E-state index is 12.7. The SMILES string of the molecule is [N-]=[N+]=NCc1ccc(Cn2cc(CCCCC#Cc3cn([C@H]4C[C@H](O)[C@@H](CO)O4)c4nc(N)[nH]c(=O)c34)nn2)nc1. The molecule has 41 heavy (non-hydrogen) atoms. The summed E-state index contributed by atoms with van der Waals surface area (Å²) in [7, 11) is 0. The topological polar surface area (TPSA) is 219 Å². The van der Waals surface area contributed by atoms with E-state index in [1.165, 1.54) is 0 Å². The van der Waals surface area contributed by atoms with Gasteiger partial charge in [0.1, 0.15) is 12.3 Å². The summed E-state index contributed by atoms with van der Waals surface area (Å²) in [4.78, 5) is 26.6. The van der Waals surface area contributed by atoms with Gasteiger partial charge in [0.2, 0.25) is 5.95 Å². The molecule has 5 heterocycles. The minimum Gasteiger partial charge on any atom is -0.394 e. The van der Waals surface area contributed by atoms with Crippen LogP contribution in [0.15, 0.2) is 40.6 Å². The molecule has 0 bridgehead atoms. The lowest BCUT2D eigenvalue weighted by molar-refractivity contribution is -0.0430. The summed E-state index contributed by atoms with van der Waals surface area (Å²) in [5, 5.41) is 31.8. The molecule has 1 saturated heterocycles. The number of aliphatic hydroxyl groups is 2. The Morgan fingerprint density at radius 2 is 2.17 bits per heavy atom. The van der Waals surface area contributed by atoms with Crippen molar-refractivity contribution in [3.8, 4) is 11.8 Å². The molecule has 5 rings (SSSR count). The first-order valence-corrected chi connectivity index (χ1v) is 13.1. The van der Waals surface area contributed by atoms with Gasteiger partial charge in [0.05, 0.1) is 48.1 Å². The molecule has 0 spiro atoms. The highest BCUT2D eigenvalue weighted by molar-refractivity contribution is 5.83. The quantitative estimate of drug-likeness (QED) is 0.0727. The maximum Gasteiger partial charge on any atom is 0.263 e. The molecule has 1 aliphatic heterocycles. The van der Waals surface area contributed by atoms with Crippen LogP contribution in [0.25, 0.3) is 21.5 Å². The molecular formula is C26H29N11O4. The lowest BCUT2D eigenvalue weighted by Crippen LogP contribution is -2.24. The summed E-state index contributed by atoms with van der Waals surface area (Å²) >= 11 is 0. The number of unbranched alkanes of at least 4 members (excludes halogenated alkanes) is 2. The lowest BCUT2D eigenvalue weighted by Gasteiger charge is -2.14. The number of aromatic nitrogens is 7. The summed E-state index contributed by atoms with van der Waals surface area (Å²) in [6, 6.07) is 3.74. The van der Waals surface area contributed by atoms with Gasteiger partial charge in [0, 0.05) is 36.3 Å². The van der Waals surface area contributed by atoms with Crippen molar-refractivity contribution in [3.63, 3.8) is 0 Å². The zero-order valence-corrected chi connectivity index (χ0v) is 22.1. The number of aromatic amines is 1. The van der Waals surface area contributed by atoms with Gasteiger partial charge in [-0.25, -0.2) is 4.68 Å². The molecule has 0 aromatic carbocycles. The summed E-state index contributed by atoms with van der Waals surface area (Å²) in [5.74, 6) is 6.17. The molecule has 0 aliphatic carbocycles. The Hall–Kier alpha value is -4.74. The molecule has 3 atom stereocenters. The number of aryl methyl sites for hydroxylation is 1. The first kappa shape index (κ1) is 27.8. The maximum atomic E-state index is 12.7. The highest BCUT2D eigenvalue weighted by Crippen LogP contribution is 2.32. The van der Waals surface area contributed by atoms with E-state index in [-0.39, 0.29) is 25.5 Å². The van der Waals surface area contributed by atoms with Crippen molar-refractivity contribution in [2.24, 2.45) is 5.11 Å². The molecule has 15 nitrogen and oxygen atoms in total. The molecule has 0 amide bonds. The molecule has 4 aromatic heterocycles. The Labute approximate surface area is 233 Å². The molecule has 5 N–H and O–H groups in total. The van der Waals surface area contributed by atoms with Crippen LogP contribution in [0, 0.1) is 11.8 Å². The monoisotopic (exact) mass is 559 g/mol. The second-order valence-corrected chi connectivity index (χ2v) is 9.68. The van der Waals surface area contributed by atoms with E-state index in [4.69, 9.17) is 16.0 Å². The number of nitrogens with two attached hydrogens (primary N) is 1. The molecule has 1 aliphatic rings. The van der Waals surface area contributed by atoms with E-state index in [1.54, 1.807) is 21.6 Å². The van der Waals surface area contributed by atoms with Gasteiger partial charge in [-0.15, -0.1) is 5.10 Å². The van der Waals surface area contributed by atoms with Crippen LogP contribution in [0.5, 0.6) is 0 Å². The number of rotatable bonds is 10. The van der Waals surface area contributed by atoms with Crippen LogP contribution < -0.4 is 11.3 Å². The molecular weight excluding hydrogens is 530 g/mol. The number of nitrogens with one attached hydrogen (secondary N) is 1. The smallest absolute Gasteiger partial charge is 0.263 e. The third kappa shape index (κ3) is 6.53. The Bertz CT molecular complexity index is 1680. The van der Waals surface area contributed by atoms with Gasteiger partial charge in [-0.3, -0.25) is 14.8 Å². The molecule has 1 fully saturated rings. The van der Waals surface area contributed by atoms with Crippen molar-refractivity contribution >= 4 is 17.0 Å². The van der Waals surface area contributed by atoms with Gasteiger partial charge in [-0.2, -0.15) is 4.98 Å². The normalized spacial score (nSPS) is 18.2. The number of hydrogen-bond donors (Lipinski definition) is 4. The molecule has 0 unspecified atom stereocenters. The van der Waals surface area contributed by atoms with E-state index >= 15 is 0 Å². The fourth-order valence-electron chi connectivity index (χ4n) is 4.67. The van der Waals surface area contributed by atoms with E-state index in [1.807, 2.05) is 18.3 Å². The van der Waals surface area contributed by atoms with Crippen molar-refractivity contribution in [1.82, 2.24) is 34.5 Å². The van der Waals surface area contributed by atoms with Gasteiger partial charge in [-0.05, 0) is 36.4 Å². The molecule has 212 valence electrons. The Morgan fingerprint density at radius 1 is 1.29 bits per heavy atom. The second-order valence-electron chi connectivity index (χ2n) is 9.68. The largest absolute Gasteiger partial charge is 0.394 e. The summed E-state index contributed by atoms with van der Waals surface area (Å²) in [5.41, 5.74) is 17.1. The van der Waals surface area contributed by atoms with Crippen LogP contribution in [0.4, 0.5) is 5.95 Å². The number of hydrogen-bond acceptors (Lipinski definition) is 10. The first-order chi connectivity index (χ1) is 19.9. The number of nitrogen functional groups attached to an aromatic ring is 1.